The summed E-state index contributed by atoms with van der Waals surface area (Å²) in [6.45, 7) is 7.22. The molecule has 0 aromatic heterocycles. The van der Waals surface area contributed by atoms with Crippen molar-refractivity contribution in [2.75, 3.05) is 44.6 Å². The van der Waals surface area contributed by atoms with Gasteiger partial charge in [0.25, 0.3) is 0 Å². The number of rotatable bonds is 10. The summed E-state index contributed by atoms with van der Waals surface area (Å²) < 4.78 is 4.93. The highest BCUT2D eigenvalue weighted by Crippen LogP contribution is 2.18. The maximum atomic E-state index is 12.6. The van der Waals surface area contributed by atoms with Gasteiger partial charge in [0, 0.05) is 57.8 Å². The third-order valence-corrected chi connectivity index (χ3v) is 6.51. The van der Waals surface area contributed by atoms with Crippen molar-refractivity contribution in [1.82, 2.24) is 15.5 Å². The van der Waals surface area contributed by atoms with Crippen LogP contribution < -0.4 is 16.0 Å². The molecule has 2 amide bonds. The SMILES string of the molecule is CCOC(=O)Nc1cccc(CC2N=C(c3ccc(CNC(=O)CCN4CCNCC4)cc3)C=CC2=O)c1. The molecule has 2 aliphatic heterocycles. The zero-order valence-electron chi connectivity index (χ0n) is 21.7. The maximum absolute atomic E-state index is 12.6. The molecule has 0 saturated carbocycles. The number of ether oxygens (including phenoxy) is 1. The first-order valence-corrected chi connectivity index (χ1v) is 13.1. The minimum atomic E-state index is -0.539. The Morgan fingerprint density at radius 2 is 1.87 bits per heavy atom. The molecule has 3 N–H and O–H groups in total. The van der Waals surface area contributed by atoms with Gasteiger partial charge in [-0.3, -0.25) is 19.9 Å². The predicted molar refractivity (Wildman–Crippen MR) is 147 cm³/mol. The highest BCUT2D eigenvalue weighted by atomic mass is 16.5. The van der Waals surface area contributed by atoms with Crippen molar-refractivity contribution in [3.63, 3.8) is 0 Å². The first kappa shape index (κ1) is 27.2. The number of aliphatic imine (C=N–C) groups is 1. The third-order valence-electron chi connectivity index (χ3n) is 6.51. The second-order valence-corrected chi connectivity index (χ2v) is 9.33. The van der Waals surface area contributed by atoms with Crippen molar-refractivity contribution in [3.8, 4) is 0 Å². The minimum Gasteiger partial charge on any atom is -0.450 e. The van der Waals surface area contributed by atoms with E-state index in [0.717, 1.165) is 55.1 Å². The Morgan fingerprint density at radius 3 is 2.63 bits per heavy atom. The molecule has 0 spiro atoms. The smallest absolute Gasteiger partial charge is 0.411 e. The van der Waals surface area contributed by atoms with E-state index in [9.17, 15) is 14.4 Å². The van der Waals surface area contributed by atoms with Crippen LogP contribution in [0, 0.1) is 0 Å². The Balaban J connectivity index is 1.31. The van der Waals surface area contributed by atoms with E-state index in [0.29, 0.717) is 31.7 Å². The number of ketones is 1. The Hall–Kier alpha value is -3.82. The molecule has 2 aromatic carbocycles. The average Bonchev–Trinajstić information content (AvgIpc) is 2.93. The topological polar surface area (TPSA) is 112 Å². The molecule has 1 unspecified atom stereocenters. The van der Waals surface area contributed by atoms with Gasteiger partial charge in [-0.05, 0) is 47.9 Å². The van der Waals surface area contributed by atoms with E-state index in [2.05, 4.69) is 20.9 Å². The summed E-state index contributed by atoms with van der Waals surface area (Å²) in [5, 5.41) is 9.00. The fourth-order valence-electron chi connectivity index (χ4n) is 4.42. The van der Waals surface area contributed by atoms with E-state index in [-0.39, 0.29) is 11.7 Å². The molecule has 1 saturated heterocycles. The summed E-state index contributed by atoms with van der Waals surface area (Å²) in [7, 11) is 0. The zero-order chi connectivity index (χ0) is 26.7. The molecule has 2 aliphatic rings. The van der Waals surface area contributed by atoms with Crippen LogP contribution in [0.25, 0.3) is 0 Å². The van der Waals surface area contributed by atoms with Crippen molar-refractivity contribution in [2.24, 2.45) is 4.99 Å². The number of carbonyl (C=O) groups excluding carboxylic acids is 3. The van der Waals surface area contributed by atoms with Gasteiger partial charge in [-0.25, -0.2) is 4.79 Å². The van der Waals surface area contributed by atoms with Crippen LogP contribution in [0.1, 0.15) is 30.0 Å². The molecule has 2 heterocycles. The monoisotopic (exact) mass is 517 g/mol. The Labute approximate surface area is 223 Å². The fourth-order valence-corrected chi connectivity index (χ4v) is 4.42. The van der Waals surface area contributed by atoms with Gasteiger partial charge in [0.1, 0.15) is 6.04 Å². The van der Waals surface area contributed by atoms with E-state index in [1.165, 1.54) is 0 Å². The Morgan fingerprint density at radius 1 is 1.08 bits per heavy atom. The van der Waals surface area contributed by atoms with Crippen LogP contribution >= 0.6 is 0 Å². The number of anilines is 1. The van der Waals surface area contributed by atoms with Gasteiger partial charge < -0.3 is 20.3 Å². The van der Waals surface area contributed by atoms with E-state index in [1.807, 2.05) is 42.5 Å². The molecule has 200 valence electrons. The lowest BCUT2D eigenvalue weighted by molar-refractivity contribution is -0.121. The second-order valence-electron chi connectivity index (χ2n) is 9.33. The summed E-state index contributed by atoms with van der Waals surface area (Å²) in [5.74, 6) is -0.00673. The number of hydrogen-bond acceptors (Lipinski definition) is 7. The van der Waals surface area contributed by atoms with E-state index < -0.39 is 12.1 Å². The lowest BCUT2D eigenvalue weighted by atomic mass is 9.97. The third kappa shape index (κ3) is 8.09. The van der Waals surface area contributed by atoms with Gasteiger partial charge in [-0.15, -0.1) is 0 Å². The normalized spacial score (nSPS) is 17.6. The summed E-state index contributed by atoms with van der Waals surface area (Å²) in [5.41, 5.74) is 4.14. The van der Waals surface area contributed by atoms with Crippen LogP contribution in [-0.2, 0) is 27.3 Å². The van der Waals surface area contributed by atoms with Crippen LogP contribution in [-0.4, -0.2) is 73.8 Å². The van der Waals surface area contributed by atoms with Crippen molar-refractivity contribution in [3.05, 3.63) is 77.4 Å². The molecule has 2 aromatic rings. The number of hydrogen-bond donors (Lipinski definition) is 3. The highest BCUT2D eigenvalue weighted by molar-refractivity contribution is 6.15. The highest BCUT2D eigenvalue weighted by Gasteiger charge is 2.21. The van der Waals surface area contributed by atoms with E-state index in [1.54, 1.807) is 25.1 Å². The van der Waals surface area contributed by atoms with Crippen LogP contribution in [0.4, 0.5) is 10.5 Å². The van der Waals surface area contributed by atoms with Gasteiger partial charge >= 0.3 is 6.09 Å². The molecule has 1 fully saturated rings. The quantitative estimate of drug-likeness (QED) is 0.447. The molecule has 0 aliphatic carbocycles. The number of carbonyl (C=O) groups is 3. The van der Waals surface area contributed by atoms with Crippen molar-refractivity contribution >= 4 is 29.2 Å². The van der Waals surface area contributed by atoms with Crippen molar-refractivity contribution < 1.29 is 19.1 Å². The fraction of sp³-hybridized carbons (Fsp3) is 0.379. The summed E-state index contributed by atoms with van der Waals surface area (Å²) in [6, 6.07) is 14.7. The van der Waals surface area contributed by atoms with Crippen LogP contribution in [0.5, 0.6) is 0 Å². The van der Waals surface area contributed by atoms with Gasteiger partial charge in [0.2, 0.25) is 5.91 Å². The second kappa shape index (κ2) is 13.6. The first-order valence-electron chi connectivity index (χ1n) is 13.1. The van der Waals surface area contributed by atoms with Crippen LogP contribution in [0.3, 0.4) is 0 Å². The largest absolute Gasteiger partial charge is 0.450 e. The number of benzene rings is 2. The summed E-state index contributed by atoms with van der Waals surface area (Å²) >= 11 is 0. The standard InChI is InChI=1S/C29H35N5O4/c1-2-38-29(37)32-24-5-3-4-22(18-24)19-26-27(35)11-10-25(33-26)23-8-6-21(7-9-23)20-31-28(36)12-15-34-16-13-30-14-17-34/h3-11,18,26,30H,2,12-17,19-20H2,1H3,(H,31,36)(H,32,37). The molecule has 0 radical (unpaired) electrons. The predicted octanol–water partition coefficient (Wildman–Crippen LogP) is 2.71. The number of dihydropyridines is 1. The first-order chi connectivity index (χ1) is 18.5. The number of piperazine rings is 1. The van der Waals surface area contributed by atoms with E-state index in [4.69, 9.17) is 9.73 Å². The number of amides is 2. The van der Waals surface area contributed by atoms with Crippen molar-refractivity contribution in [2.45, 2.75) is 32.4 Å². The lowest BCUT2D eigenvalue weighted by Gasteiger charge is -2.26. The lowest BCUT2D eigenvalue weighted by Crippen LogP contribution is -2.44. The van der Waals surface area contributed by atoms with Gasteiger partial charge in [0.05, 0.1) is 12.3 Å². The van der Waals surface area contributed by atoms with Crippen molar-refractivity contribution in [1.29, 1.82) is 0 Å². The maximum Gasteiger partial charge on any atom is 0.411 e. The molecule has 9 nitrogen and oxygen atoms in total. The van der Waals surface area contributed by atoms with Gasteiger partial charge in [-0.2, -0.15) is 0 Å². The average molecular weight is 518 g/mol. The van der Waals surface area contributed by atoms with Crippen LogP contribution in [0.2, 0.25) is 0 Å². The Bertz CT molecular complexity index is 1190. The molecule has 4 rings (SSSR count). The minimum absolute atomic E-state index is 0.0510. The van der Waals surface area contributed by atoms with Crippen LogP contribution in [0.15, 0.2) is 65.7 Å². The van der Waals surface area contributed by atoms with Gasteiger partial charge in [-0.1, -0.05) is 36.4 Å². The zero-order valence-corrected chi connectivity index (χ0v) is 21.7. The molecule has 38 heavy (non-hydrogen) atoms. The molecular weight excluding hydrogens is 482 g/mol. The summed E-state index contributed by atoms with van der Waals surface area (Å²) in [4.78, 5) is 43.5. The summed E-state index contributed by atoms with van der Waals surface area (Å²) in [6.07, 6.45) is 3.71. The number of nitrogens with zero attached hydrogens (tertiary/aromatic N) is 2. The molecule has 1 atom stereocenters. The number of nitrogens with one attached hydrogen (secondary N) is 3. The number of allylic oxidation sites excluding steroid dienone is 1. The Kier molecular flexibility index (Phi) is 9.77. The van der Waals surface area contributed by atoms with Gasteiger partial charge in [0.15, 0.2) is 5.78 Å². The van der Waals surface area contributed by atoms with E-state index >= 15 is 0 Å². The molecule has 0 bridgehead atoms. The molecular formula is C29H35N5O4. The molecule has 9 heteroatoms.